The van der Waals surface area contributed by atoms with Crippen molar-refractivity contribution in [3.05, 3.63) is 35.1 Å². The van der Waals surface area contributed by atoms with Crippen molar-refractivity contribution in [3.63, 3.8) is 0 Å². The first-order valence-electron chi connectivity index (χ1n) is 6.98. The van der Waals surface area contributed by atoms with Crippen LogP contribution in [0.3, 0.4) is 0 Å². The van der Waals surface area contributed by atoms with Crippen LogP contribution < -0.4 is 5.73 Å². The van der Waals surface area contributed by atoms with Crippen molar-refractivity contribution >= 4 is 0 Å². The highest BCUT2D eigenvalue weighted by Gasteiger charge is 2.34. The molecule has 2 rings (SSSR count). The zero-order valence-electron chi connectivity index (χ0n) is 11.7. The van der Waals surface area contributed by atoms with E-state index in [4.69, 9.17) is 5.73 Å². The van der Waals surface area contributed by atoms with Gasteiger partial charge in [0.1, 0.15) is 5.82 Å². The maximum absolute atomic E-state index is 13.3. The van der Waals surface area contributed by atoms with E-state index in [0.29, 0.717) is 5.56 Å². The lowest BCUT2D eigenvalue weighted by atomic mass is 9.70. The molecule has 0 amide bonds. The Kier molecular flexibility index (Phi) is 3.76. The highest BCUT2D eigenvalue weighted by atomic mass is 19.1. The molecule has 1 aromatic carbocycles. The zero-order valence-corrected chi connectivity index (χ0v) is 11.7. The Morgan fingerprint density at radius 3 is 2.39 bits per heavy atom. The number of hydrogen-bond acceptors (Lipinski definition) is 1. The molecule has 0 atom stereocenters. The summed E-state index contributed by atoms with van der Waals surface area (Å²) in [6.45, 7) is 6.38. The first-order valence-corrected chi connectivity index (χ1v) is 6.98. The molecule has 0 spiro atoms. The lowest BCUT2D eigenvalue weighted by molar-refractivity contribution is 0.196. The van der Waals surface area contributed by atoms with Crippen LogP contribution in [0.4, 0.5) is 4.39 Å². The zero-order chi connectivity index (χ0) is 13.3. The van der Waals surface area contributed by atoms with Crippen LogP contribution in [0.25, 0.3) is 0 Å². The summed E-state index contributed by atoms with van der Waals surface area (Å²) in [6.07, 6.45) is 4.40. The summed E-state index contributed by atoms with van der Waals surface area (Å²) in [7, 11) is 0. The molecule has 0 bridgehead atoms. The Hall–Kier alpha value is -0.890. The number of benzene rings is 1. The summed E-state index contributed by atoms with van der Waals surface area (Å²) < 4.78 is 13.3. The summed E-state index contributed by atoms with van der Waals surface area (Å²) in [5.74, 6) is 1.39. The molecule has 0 heterocycles. The van der Waals surface area contributed by atoms with Gasteiger partial charge in [-0.25, -0.2) is 4.39 Å². The van der Waals surface area contributed by atoms with Gasteiger partial charge < -0.3 is 5.73 Å². The van der Waals surface area contributed by atoms with Gasteiger partial charge in [-0.3, -0.25) is 0 Å². The van der Waals surface area contributed by atoms with Crippen molar-refractivity contribution in [2.45, 2.75) is 52.0 Å². The molecule has 1 aliphatic carbocycles. The maximum atomic E-state index is 13.3. The van der Waals surface area contributed by atoms with Gasteiger partial charge in [0, 0.05) is 5.54 Å². The van der Waals surface area contributed by atoms with Crippen LogP contribution in [-0.4, -0.2) is 0 Å². The Morgan fingerprint density at radius 2 is 1.89 bits per heavy atom. The van der Waals surface area contributed by atoms with Crippen molar-refractivity contribution in [1.29, 1.82) is 0 Å². The molecule has 0 aromatic heterocycles. The van der Waals surface area contributed by atoms with E-state index >= 15 is 0 Å². The topological polar surface area (TPSA) is 26.0 Å². The van der Waals surface area contributed by atoms with Crippen LogP contribution in [0, 0.1) is 24.6 Å². The minimum atomic E-state index is -0.246. The number of aryl methyl sites for hydroxylation is 1. The summed E-state index contributed by atoms with van der Waals surface area (Å²) in [4.78, 5) is 0. The van der Waals surface area contributed by atoms with Crippen molar-refractivity contribution in [3.8, 4) is 0 Å². The maximum Gasteiger partial charge on any atom is 0.126 e. The van der Waals surface area contributed by atoms with Gasteiger partial charge in [0.15, 0.2) is 0 Å². The van der Waals surface area contributed by atoms with E-state index in [-0.39, 0.29) is 11.4 Å². The second-order valence-corrected chi connectivity index (χ2v) is 6.20. The predicted molar refractivity (Wildman–Crippen MR) is 73.8 cm³/mol. The molecule has 1 nitrogen and oxygen atoms in total. The van der Waals surface area contributed by atoms with E-state index in [1.54, 1.807) is 6.07 Å². The molecule has 1 aliphatic rings. The quantitative estimate of drug-likeness (QED) is 0.837. The van der Waals surface area contributed by atoms with Gasteiger partial charge in [0.2, 0.25) is 0 Å². The van der Waals surface area contributed by atoms with Gasteiger partial charge in [0.25, 0.3) is 0 Å². The summed E-state index contributed by atoms with van der Waals surface area (Å²) in [5.41, 5.74) is 8.09. The van der Waals surface area contributed by atoms with Crippen molar-refractivity contribution < 1.29 is 4.39 Å². The van der Waals surface area contributed by atoms with Gasteiger partial charge in [-0.1, -0.05) is 26.0 Å². The van der Waals surface area contributed by atoms with Gasteiger partial charge in [-0.05, 0) is 61.6 Å². The van der Waals surface area contributed by atoms with Gasteiger partial charge in [0.05, 0.1) is 0 Å². The fourth-order valence-electron chi connectivity index (χ4n) is 3.06. The largest absolute Gasteiger partial charge is 0.321 e. The average Bonchev–Trinajstić information content (AvgIpc) is 2.33. The third kappa shape index (κ3) is 2.59. The number of nitrogens with two attached hydrogens (primary N) is 1. The average molecular weight is 249 g/mol. The number of rotatable bonds is 2. The number of hydrogen-bond donors (Lipinski definition) is 1. The van der Waals surface area contributed by atoms with Gasteiger partial charge in [-0.2, -0.15) is 0 Å². The normalized spacial score (nSPS) is 28.7. The van der Waals surface area contributed by atoms with Crippen molar-refractivity contribution in [2.24, 2.45) is 17.6 Å². The second kappa shape index (κ2) is 5.00. The predicted octanol–water partition coefficient (Wildman–Crippen LogP) is 4.13. The van der Waals surface area contributed by atoms with Crippen molar-refractivity contribution in [2.75, 3.05) is 0 Å². The van der Waals surface area contributed by atoms with Crippen LogP contribution in [-0.2, 0) is 5.54 Å². The molecular weight excluding hydrogens is 225 g/mol. The molecule has 1 aromatic rings. The summed E-state index contributed by atoms with van der Waals surface area (Å²) >= 11 is 0. The number of halogens is 1. The Balaban J connectivity index is 2.15. The molecule has 18 heavy (non-hydrogen) atoms. The SMILES string of the molecule is Cc1cc(C2(N)CCC(C(C)C)CC2)ccc1F. The fraction of sp³-hybridized carbons (Fsp3) is 0.625. The molecule has 0 unspecified atom stereocenters. The molecular formula is C16H24FN. The van der Waals surface area contributed by atoms with Crippen LogP contribution in [0.2, 0.25) is 0 Å². The Morgan fingerprint density at radius 1 is 1.28 bits per heavy atom. The highest BCUT2D eigenvalue weighted by Crippen LogP contribution is 2.40. The van der Waals surface area contributed by atoms with Crippen LogP contribution in [0.5, 0.6) is 0 Å². The summed E-state index contributed by atoms with van der Waals surface area (Å²) in [6, 6.07) is 5.33. The molecule has 2 heteroatoms. The van der Waals surface area contributed by atoms with Crippen LogP contribution in [0.15, 0.2) is 18.2 Å². The standard InChI is InChI=1S/C16H24FN/c1-11(2)13-6-8-16(18,9-7-13)14-4-5-15(17)12(3)10-14/h4-5,10-11,13H,6-9,18H2,1-3H3. The molecule has 1 saturated carbocycles. The van der Waals surface area contributed by atoms with Crippen molar-refractivity contribution in [1.82, 2.24) is 0 Å². The van der Waals surface area contributed by atoms with Crippen LogP contribution in [0.1, 0.15) is 50.7 Å². The smallest absolute Gasteiger partial charge is 0.126 e. The van der Waals surface area contributed by atoms with E-state index in [2.05, 4.69) is 13.8 Å². The summed E-state index contributed by atoms with van der Waals surface area (Å²) in [5, 5.41) is 0. The first kappa shape index (κ1) is 13.5. The third-order valence-electron chi connectivity index (χ3n) is 4.60. The minimum Gasteiger partial charge on any atom is -0.321 e. The monoisotopic (exact) mass is 249 g/mol. The molecule has 0 aliphatic heterocycles. The minimum absolute atomic E-state index is 0.141. The van der Waals surface area contributed by atoms with Gasteiger partial charge >= 0.3 is 0 Å². The Bertz CT molecular complexity index is 417. The fourth-order valence-corrected chi connectivity index (χ4v) is 3.06. The first-order chi connectivity index (χ1) is 8.42. The second-order valence-electron chi connectivity index (χ2n) is 6.20. The van der Waals surface area contributed by atoms with E-state index in [1.165, 1.54) is 12.8 Å². The van der Waals surface area contributed by atoms with E-state index < -0.39 is 0 Å². The molecule has 100 valence electrons. The van der Waals surface area contributed by atoms with Gasteiger partial charge in [-0.15, -0.1) is 0 Å². The lowest BCUT2D eigenvalue weighted by Gasteiger charge is -2.39. The molecule has 2 N–H and O–H groups in total. The van der Waals surface area contributed by atoms with Crippen LogP contribution >= 0.6 is 0 Å². The highest BCUT2D eigenvalue weighted by molar-refractivity contribution is 5.30. The van der Waals surface area contributed by atoms with E-state index in [9.17, 15) is 4.39 Å². The van der Waals surface area contributed by atoms with E-state index in [1.807, 2.05) is 19.1 Å². The molecule has 0 saturated heterocycles. The molecule has 1 fully saturated rings. The third-order valence-corrected chi connectivity index (χ3v) is 4.60. The van der Waals surface area contributed by atoms with E-state index in [0.717, 1.165) is 30.2 Å². The Labute approximate surface area is 110 Å². The molecule has 0 radical (unpaired) electrons. The lowest BCUT2D eigenvalue weighted by Crippen LogP contribution is -2.41.